The Hall–Kier alpha value is -1.06. The fourth-order valence-corrected chi connectivity index (χ4v) is 3.05. The highest BCUT2D eigenvalue weighted by atomic mass is 16.4. The standard InChI is InChI=1S/C15H27NO3/c1-3-9-15(2)10-6-11-16(12-15)13(17)7-4-5-8-14(18)19/h3-12H2,1-2H3,(H,18,19). The summed E-state index contributed by atoms with van der Waals surface area (Å²) in [4.78, 5) is 24.5. The molecule has 0 aromatic rings. The molecular weight excluding hydrogens is 242 g/mol. The highest BCUT2D eigenvalue weighted by Crippen LogP contribution is 2.34. The molecule has 0 aliphatic carbocycles. The monoisotopic (exact) mass is 269 g/mol. The molecule has 110 valence electrons. The van der Waals surface area contributed by atoms with Gasteiger partial charge >= 0.3 is 5.97 Å². The van der Waals surface area contributed by atoms with Gasteiger partial charge in [0.05, 0.1) is 0 Å². The molecule has 1 heterocycles. The maximum Gasteiger partial charge on any atom is 0.303 e. The molecule has 1 atom stereocenters. The van der Waals surface area contributed by atoms with E-state index in [1.807, 2.05) is 4.90 Å². The largest absolute Gasteiger partial charge is 0.481 e. The van der Waals surface area contributed by atoms with E-state index in [4.69, 9.17) is 5.11 Å². The number of carbonyl (C=O) groups is 2. The van der Waals surface area contributed by atoms with Gasteiger partial charge in [0.15, 0.2) is 0 Å². The topological polar surface area (TPSA) is 57.6 Å². The lowest BCUT2D eigenvalue weighted by Crippen LogP contribution is -2.44. The van der Waals surface area contributed by atoms with E-state index in [-0.39, 0.29) is 17.7 Å². The second-order valence-corrected chi connectivity index (χ2v) is 6.08. The fourth-order valence-electron chi connectivity index (χ4n) is 3.05. The Balaban J connectivity index is 2.33. The molecule has 19 heavy (non-hydrogen) atoms. The van der Waals surface area contributed by atoms with Crippen LogP contribution in [0.1, 0.15) is 65.2 Å². The number of aliphatic carboxylic acids is 1. The van der Waals surface area contributed by atoms with Crippen molar-refractivity contribution < 1.29 is 14.7 Å². The van der Waals surface area contributed by atoms with Crippen molar-refractivity contribution in [1.82, 2.24) is 4.90 Å². The molecular formula is C15H27NO3. The van der Waals surface area contributed by atoms with E-state index in [0.717, 1.165) is 25.9 Å². The number of likely N-dealkylation sites (tertiary alicyclic amines) is 1. The highest BCUT2D eigenvalue weighted by molar-refractivity contribution is 5.76. The summed E-state index contributed by atoms with van der Waals surface area (Å²) in [7, 11) is 0. The average Bonchev–Trinajstić information content (AvgIpc) is 2.34. The lowest BCUT2D eigenvalue weighted by molar-refractivity contribution is -0.138. The molecule has 0 aromatic heterocycles. The van der Waals surface area contributed by atoms with Gasteiger partial charge in [0.1, 0.15) is 0 Å². The molecule has 1 N–H and O–H groups in total. The Morgan fingerprint density at radius 1 is 1.26 bits per heavy atom. The first-order chi connectivity index (χ1) is 8.97. The predicted octanol–water partition coefficient (Wildman–Crippen LogP) is 3.06. The summed E-state index contributed by atoms with van der Waals surface area (Å²) in [5.41, 5.74) is 0.281. The van der Waals surface area contributed by atoms with E-state index in [1.54, 1.807) is 0 Å². The van der Waals surface area contributed by atoms with Gasteiger partial charge in [-0.15, -0.1) is 0 Å². The normalized spacial score (nSPS) is 23.4. The Morgan fingerprint density at radius 2 is 1.95 bits per heavy atom. The zero-order chi connectivity index (χ0) is 14.3. The smallest absolute Gasteiger partial charge is 0.303 e. The van der Waals surface area contributed by atoms with Crippen LogP contribution in [0.4, 0.5) is 0 Å². The summed E-state index contributed by atoms with van der Waals surface area (Å²) in [6.07, 6.45) is 6.59. The van der Waals surface area contributed by atoms with Crippen molar-refractivity contribution in [3.8, 4) is 0 Å². The molecule has 1 rings (SSSR count). The van der Waals surface area contributed by atoms with E-state index in [2.05, 4.69) is 13.8 Å². The second kappa shape index (κ2) is 7.51. The highest BCUT2D eigenvalue weighted by Gasteiger charge is 2.31. The number of carbonyl (C=O) groups excluding carboxylic acids is 1. The van der Waals surface area contributed by atoms with Crippen LogP contribution < -0.4 is 0 Å². The minimum absolute atomic E-state index is 0.167. The van der Waals surface area contributed by atoms with Gasteiger partial charge in [-0.3, -0.25) is 9.59 Å². The zero-order valence-corrected chi connectivity index (χ0v) is 12.3. The third-order valence-electron chi connectivity index (χ3n) is 4.02. The number of piperidine rings is 1. The van der Waals surface area contributed by atoms with Crippen LogP contribution in [-0.2, 0) is 9.59 Å². The number of hydrogen-bond donors (Lipinski definition) is 1. The Labute approximate surface area is 116 Å². The summed E-state index contributed by atoms with van der Waals surface area (Å²) >= 11 is 0. The van der Waals surface area contributed by atoms with Gasteiger partial charge < -0.3 is 10.0 Å². The Kier molecular flexibility index (Phi) is 6.32. The van der Waals surface area contributed by atoms with Crippen molar-refractivity contribution in [2.45, 2.75) is 65.2 Å². The van der Waals surface area contributed by atoms with Crippen LogP contribution in [-0.4, -0.2) is 35.0 Å². The van der Waals surface area contributed by atoms with Crippen molar-refractivity contribution in [3.05, 3.63) is 0 Å². The Bertz CT molecular complexity index is 313. The second-order valence-electron chi connectivity index (χ2n) is 6.08. The summed E-state index contributed by atoms with van der Waals surface area (Å²) in [6.45, 7) is 6.22. The van der Waals surface area contributed by atoms with Crippen LogP contribution in [0.2, 0.25) is 0 Å². The first kappa shape index (κ1) is 16.0. The minimum Gasteiger partial charge on any atom is -0.481 e. The van der Waals surface area contributed by atoms with Crippen LogP contribution in [0.15, 0.2) is 0 Å². The van der Waals surface area contributed by atoms with Gasteiger partial charge in [-0.2, -0.15) is 0 Å². The van der Waals surface area contributed by atoms with Crippen LogP contribution in [0.3, 0.4) is 0 Å². The van der Waals surface area contributed by atoms with Crippen LogP contribution in [0.25, 0.3) is 0 Å². The fraction of sp³-hybridized carbons (Fsp3) is 0.867. The van der Waals surface area contributed by atoms with Gasteiger partial charge in [0, 0.05) is 25.9 Å². The van der Waals surface area contributed by atoms with Crippen molar-refractivity contribution in [3.63, 3.8) is 0 Å². The first-order valence-electron chi connectivity index (χ1n) is 7.46. The van der Waals surface area contributed by atoms with Crippen LogP contribution in [0.5, 0.6) is 0 Å². The van der Waals surface area contributed by atoms with Crippen molar-refractivity contribution >= 4 is 11.9 Å². The number of unbranched alkanes of at least 4 members (excludes halogenated alkanes) is 1. The van der Waals surface area contributed by atoms with E-state index in [0.29, 0.717) is 19.3 Å². The number of amides is 1. The lowest BCUT2D eigenvalue weighted by atomic mass is 9.78. The average molecular weight is 269 g/mol. The first-order valence-corrected chi connectivity index (χ1v) is 7.46. The van der Waals surface area contributed by atoms with E-state index < -0.39 is 5.97 Å². The molecule has 1 aliphatic heterocycles. The molecule has 0 radical (unpaired) electrons. The van der Waals surface area contributed by atoms with E-state index in [1.165, 1.54) is 12.8 Å². The zero-order valence-electron chi connectivity index (χ0n) is 12.3. The molecule has 1 saturated heterocycles. The SMILES string of the molecule is CCCC1(C)CCCN(C(=O)CCCCC(=O)O)C1. The van der Waals surface area contributed by atoms with Gasteiger partial charge in [-0.25, -0.2) is 0 Å². The molecule has 1 unspecified atom stereocenters. The van der Waals surface area contributed by atoms with Crippen LogP contribution in [0, 0.1) is 5.41 Å². The molecule has 1 aliphatic rings. The predicted molar refractivity (Wildman–Crippen MR) is 74.9 cm³/mol. The maximum absolute atomic E-state index is 12.1. The molecule has 0 aromatic carbocycles. The quantitative estimate of drug-likeness (QED) is 0.723. The summed E-state index contributed by atoms with van der Waals surface area (Å²) in [6, 6.07) is 0. The van der Waals surface area contributed by atoms with Crippen molar-refractivity contribution in [1.29, 1.82) is 0 Å². The van der Waals surface area contributed by atoms with Crippen LogP contribution >= 0.6 is 0 Å². The minimum atomic E-state index is -0.777. The molecule has 1 amide bonds. The van der Waals surface area contributed by atoms with Gasteiger partial charge in [0.25, 0.3) is 0 Å². The number of hydrogen-bond acceptors (Lipinski definition) is 2. The van der Waals surface area contributed by atoms with E-state index in [9.17, 15) is 9.59 Å². The van der Waals surface area contributed by atoms with E-state index >= 15 is 0 Å². The molecule has 4 nitrogen and oxygen atoms in total. The molecule has 1 fully saturated rings. The molecule has 0 saturated carbocycles. The third-order valence-corrected chi connectivity index (χ3v) is 4.02. The third kappa shape index (κ3) is 5.62. The maximum atomic E-state index is 12.1. The Morgan fingerprint density at radius 3 is 2.58 bits per heavy atom. The van der Waals surface area contributed by atoms with Crippen molar-refractivity contribution in [2.75, 3.05) is 13.1 Å². The summed E-state index contributed by atoms with van der Waals surface area (Å²) in [5, 5.41) is 8.56. The number of carboxylic acids is 1. The van der Waals surface area contributed by atoms with Crippen molar-refractivity contribution in [2.24, 2.45) is 5.41 Å². The summed E-state index contributed by atoms with van der Waals surface area (Å²) < 4.78 is 0. The van der Waals surface area contributed by atoms with Gasteiger partial charge in [-0.1, -0.05) is 20.3 Å². The number of rotatable bonds is 7. The lowest BCUT2D eigenvalue weighted by Gasteiger charge is -2.40. The molecule has 4 heteroatoms. The van der Waals surface area contributed by atoms with Gasteiger partial charge in [0.2, 0.25) is 5.91 Å². The molecule has 0 bridgehead atoms. The molecule has 0 spiro atoms. The van der Waals surface area contributed by atoms with Gasteiger partial charge in [-0.05, 0) is 37.5 Å². The number of nitrogens with zero attached hydrogens (tertiary/aromatic N) is 1. The number of carboxylic acid groups (broad SMARTS) is 1. The summed E-state index contributed by atoms with van der Waals surface area (Å²) in [5.74, 6) is -0.576.